The summed E-state index contributed by atoms with van der Waals surface area (Å²) in [5, 5.41) is 0. The smallest absolute Gasteiger partial charge is 0.131 e. The van der Waals surface area contributed by atoms with Gasteiger partial charge in [0, 0.05) is 0 Å². The predicted octanol–water partition coefficient (Wildman–Crippen LogP) is 3.72. The van der Waals surface area contributed by atoms with Crippen LogP contribution in [0.4, 0.5) is 4.39 Å². The Labute approximate surface area is 91.3 Å². The van der Waals surface area contributed by atoms with E-state index in [1.807, 2.05) is 18.2 Å². The van der Waals surface area contributed by atoms with Gasteiger partial charge in [-0.1, -0.05) is 32.9 Å². The molecule has 0 aliphatic rings. The average molecular weight is 210 g/mol. The lowest BCUT2D eigenvalue weighted by Crippen LogP contribution is -2.12. The number of halogens is 1. The standard InChI is InChI=1S/C13H19FO/c1-10(14)9-15-12-7-5-6-11(8-12)13(2,3)4/h5-8,10H,9H2,1-4H3. The third kappa shape index (κ3) is 3.90. The quantitative estimate of drug-likeness (QED) is 0.738. The van der Waals surface area contributed by atoms with Crippen LogP contribution in [0.15, 0.2) is 24.3 Å². The van der Waals surface area contributed by atoms with Gasteiger partial charge >= 0.3 is 0 Å². The maximum atomic E-state index is 12.6. The summed E-state index contributed by atoms with van der Waals surface area (Å²) in [6, 6.07) is 7.84. The molecule has 1 rings (SSSR count). The Morgan fingerprint density at radius 1 is 1.33 bits per heavy atom. The molecule has 0 fully saturated rings. The fourth-order valence-electron chi connectivity index (χ4n) is 1.26. The van der Waals surface area contributed by atoms with E-state index in [1.54, 1.807) is 0 Å². The van der Waals surface area contributed by atoms with Crippen molar-refractivity contribution in [3.8, 4) is 5.75 Å². The van der Waals surface area contributed by atoms with Crippen molar-refractivity contribution in [1.29, 1.82) is 0 Å². The number of rotatable bonds is 3. The molecule has 2 heteroatoms. The molecule has 15 heavy (non-hydrogen) atoms. The van der Waals surface area contributed by atoms with Crippen LogP contribution in [0.25, 0.3) is 0 Å². The highest BCUT2D eigenvalue weighted by atomic mass is 19.1. The largest absolute Gasteiger partial charge is 0.491 e. The lowest BCUT2D eigenvalue weighted by molar-refractivity contribution is 0.209. The first-order valence-electron chi connectivity index (χ1n) is 5.27. The third-order valence-electron chi connectivity index (χ3n) is 2.18. The minimum absolute atomic E-state index is 0.0979. The van der Waals surface area contributed by atoms with Crippen LogP contribution in [0.1, 0.15) is 33.3 Å². The summed E-state index contributed by atoms with van der Waals surface area (Å²) in [6.45, 7) is 8.04. The fraction of sp³-hybridized carbons (Fsp3) is 0.538. The van der Waals surface area contributed by atoms with Gasteiger partial charge < -0.3 is 4.74 Å². The highest BCUT2D eigenvalue weighted by Crippen LogP contribution is 2.25. The van der Waals surface area contributed by atoms with Gasteiger partial charge in [0.25, 0.3) is 0 Å². The van der Waals surface area contributed by atoms with E-state index in [9.17, 15) is 4.39 Å². The van der Waals surface area contributed by atoms with Crippen LogP contribution in [0.2, 0.25) is 0 Å². The lowest BCUT2D eigenvalue weighted by Gasteiger charge is -2.19. The van der Waals surface area contributed by atoms with Gasteiger partial charge in [-0.05, 0) is 30.0 Å². The Morgan fingerprint density at radius 2 is 2.00 bits per heavy atom. The van der Waals surface area contributed by atoms with Crippen molar-refractivity contribution in [2.75, 3.05) is 6.61 Å². The molecule has 1 atom stereocenters. The zero-order chi connectivity index (χ0) is 11.5. The monoisotopic (exact) mass is 210 g/mol. The van der Waals surface area contributed by atoms with Crippen LogP contribution < -0.4 is 4.74 Å². The number of ether oxygens (including phenoxy) is 1. The minimum Gasteiger partial charge on any atom is -0.491 e. The number of hydrogen-bond donors (Lipinski definition) is 0. The first kappa shape index (κ1) is 12.0. The van der Waals surface area contributed by atoms with Crippen molar-refractivity contribution in [3.05, 3.63) is 29.8 Å². The van der Waals surface area contributed by atoms with E-state index in [1.165, 1.54) is 12.5 Å². The van der Waals surface area contributed by atoms with E-state index in [-0.39, 0.29) is 12.0 Å². The molecule has 1 aromatic rings. The average Bonchev–Trinajstić information content (AvgIpc) is 2.14. The van der Waals surface area contributed by atoms with Gasteiger partial charge in [-0.3, -0.25) is 0 Å². The normalized spacial score (nSPS) is 13.7. The van der Waals surface area contributed by atoms with Crippen LogP contribution in [0.5, 0.6) is 5.75 Å². The summed E-state index contributed by atoms with van der Waals surface area (Å²) < 4.78 is 17.9. The van der Waals surface area contributed by atoms with Crippen LogP contribution >= 0.6 is 0 Å². The summed E-state index contributed by atoms with van der Waals surface area (Å²) in [5.74, 6) is 0.743. The van der Waals surface area contributed by atoms with Gasteiger partial charge in [-0.25, -0.2) is 4.39 Å². The number of benzene rings is 1. The van der Waals surface area contributed by atoms with Gasteiger partial charge in [0.2, 0.25) is 0 Å². The number of alkyl halides is 1. The van der Waals surface area contributed by atoms with Gasteiger partial charge in [0.05, 0.1) is 0 Å². The molecule has 0 heterocycles. The second kappa shape index (κ2) is 4.65. The molecule has 0 amide bonds. The van der Waals surface area contributed by atoms with Crippen molar-refractivity contribution in [2.24, 2.45) is 0 Å². The van der Waals surface area contributed by atoms with Crippen molar-refractivity contribution >= 4 is 0 Å². The topological polar surface area (TPSA) is 9.23 Å². The zero-order valence-corrected chi connectivity index (χ0v) is 9.88. The molecule has 0 aliphatic carbocycles. The molecule has 0 aliphatic heterocycles. The fourth-order valence-corrected chi connectivity index (χ4v) is 1.26. The Balaban J connectivity index is 2.75. The highest BCUT2D eigenvalue weighted by molar-refractivity contribution is 5.32. The molecule has 0 radical (unpaired) electrons. The van der Waals surface area contributed by atoms with Crippen LogP contribution in [0, 0.1) is 0 Å². The van der Waals surface area contributed by atoms with Crippen LogP contribution in [-0.2, 0) is 5.41 Å². The Bertz CT molecular complexity index is 313. The summed E-state index contributed by atoms with van der Waals surface area (Å²) in [6.07, 6.45) is -0.928. The summed E-state index contributed by atoms with van der Waals surface area (Å²) >= 11 is 0. The van der Waals surface area contributed by atoms with Gasteiger partial charge in [-0.15, -0.1) is 0 Å². The second-order valence-electron chi connectivity index (χ2n) is 4.87. The van der Waals surface area contributed by atoms with E-state index in [4.69, 9.17) is 4.74 Å². The van der Waals surface area contributed by atoms with Crippen LogP contribution in [-0.4, -0.2) is 12.8 Å². The Kier molecular flexibility index (Phi) is 3.72. The maximum Gasteiger partial charge on any atom is 0.131 e. The summed E-state index contributed by atoms with van der Waals surface area (Å²) in [4.78, 5) is 0. The molecule has 1 nitrogen and oxygen atoms in total. The molecular formula is C13H19FO. The van der Waals surface area contributed by atoms with Gasteiger partial charge in [0.1, 0.15) is 18.5 Å². The molecule has 0 saturated carbocycles. The molecule has 0 saturated heterocycles. The third-order valence-corrected chi connectivity index (χ3v) is 2.18. The van der Waals surface area contributed by atoms with E-state index in [0.717, 1.165) is 5.75 Å². The van der Waals surface area contributed by atoms with Crippen molar-refractivity contribution in [3.63, 3.8) is 0 Å². The minimum atomic E-state index is -0.928. The van der Waals surface area contributed by atoms with Crippen molar-refractivity contribution in [2.45, 2.75) is 39.3 Å². The molecule has 0 spiro atoms. The molecule has 84 valence electrons. The van der Waals surface area contributed by atoms with Gasteiger partial charge in [-0.2, -0.15) is 0 Å². The van der Waals surface area contributed by atoms with Crippen LogP contribution in [0.3, 0.4) is 0 Å². The predicted molar refractivity (Wildman–Crippen MR) is 61.2 cm³/mol. The lowest BCUT2D eigenvalue weighted by atomic mass is 9.87. The summed E-state index contributed by atoms with van der Waals surface area (Å²) in [5.41, 5.74) is 1.30. The second-order valence-corrected chi connectivity index (χ2v) is 4.87. The molecule has 1 aromatic carbocycles. The van der Waals surface area contributed by atoms with Gasteiger partial charge in [0.15, 0.2) is 0 Å². The van der Waals surface area contributed by atoms with Crippen molar-refractivity contribution < 1.29 is 9.13 Å². The molecule has 0 bridgehead atoms. The first-order valence-corrected chi connectivity index (χ1v) is 5.27. The molecule has 0 aromatic heterocycles. The van der Waals surface area contributed by atoms with Crippen molar-refractivity contribution in [1.82, 2.24) is 0 Å². The molecular weight excluding hydrogens is 191 g/mol. The van der Waals surface area contributed by atoms with E-state index >= 15 is 0 Å². The highest BCUT2D eigenvalue weighted by Gasteiger charge is 2.13. The van der Waals surface area contributed by atoms with E-state index in [2.05, 4.69) is 26.8 Å². The molecule has 1 unspecified atom stereocenters. The van der Waals surface area contributed by atoms with E-state index in [0.29, 0.717) is 0 Å². The first-order chi connectivity index (χ1) is 6.89. The summed E-state index contributed by atoms with van der Waals surface area (Å²) in [7, 11) is 0. The zero-order valence-electron chi connectivity index (χ0n) is 9.88. The maximum absolute atomic E-state index is 12.6. The van der Waals surface area contributed by atoms with E-state index < -0.39 is 6.17 Å². The number of hydrogen-bond acceptors (Lipinski definition) is 1. The SMILES string of the molecule is CC(F)COc1cccc(C(C)(C)C)c1. The Morgan fingerprint density at radius 3 is 2.53 bits per heavy atom. The Hall–Kier alpha value is -1.05. The molecule has 0 N–H and O–H groups in total.